The average Bonchev–Trinajstić information content (AvgIpc) is 3.00. The van der Waals surface area contributed by atoms with E-state index in [1.165, 1.54) is 48.5 Å². The molecule has 1 aliphatic carbocycles. The van der Waals surface area contributed by atoms with Crippen molar-refractivity contribution in [1.29, 1.82) is 0 Å². The van der Waals surface area contributed by atoms with E-state index in [-0.39, 0.29) is 28.8 Å². The Balaban J connectivity index is 1.55. The average molecular weight is 445 g/mol. The van der Waals surface area contributed by atoms with Crippen LogP contribution >= 0.6 is 11.8 Å². The molecule has 8 heteroatoms. The Morgan fingerprint density at radius 1 is 1.16 bits per heavy atom. The molecule has 1 saturated carbocycles. The summed E-state index contributed by atoms with van der Waals surface area (Å²) in [6.45, 7) is 4.28. The van der Waals surface area contributed by atoms with Crippen LogP contribution in [0.15, 0.2) is 35.1 Å². The van der Waals surface area contributed by atoms with Crippen molar-refractivity contribution in [3.63, 3.8) is 0 Å². The van der Waals surface area contributed by atoms with Crippen LogP contribution in [0.3, 0.4) is 0 Å². The monoisotopic (exact) mass is 444 g/mol. The summed E-state index contributed by atoms with van der Waals surface area (Å²) in [6, 6.07) is 9.30. The fourth-order valence-corrected chi connectivity index (χ4v) is 4.63. The predicted molar refractivity (Wildman–Crippen MR) is 126 cm³/mol. The number of benzene rings is 1. The summed E-state index contributed by atoms with van der Waals surface area (Å²) in [6.07, 6.45) is 6.16. The fourth-order valence-electron chi connectivity index (χ4n) is 3.91. The first kappa shape index (κ1) is 23.2. The maximum absolute atomic E-state index is 12.9. The van der Waals surface area contributed by atoms with Gasteiger partial charge in [0.25, 0.3) is 5.56 Å². The van der Waals surface area contributed by atoms with Crippen molar-refractivity contribution < 1.29 is 9.59 Å². The van der Waals surface area contributed by atoms with Gasteiger partial charge in [0.1, 0.15) is 5.69 Å². The molecule has 1 aliphatic rings. The van der Waals surface area contributed by atoms with Gasteiger partial charge in [0.2, 0.25) is 11.8 Å². The number of nitrogens with zero attached hydrogens (tertiary/aromatic N) is 2. The zero-order valence-corrected chi connectivity index (χ0v) is 19.3. The van der Waals surface area contributed by atoms with Crippen molar-refractivity contribution in [2.75, 3.05) is 17.6 Å². The van der Waals surface area contributed by atoms with Crippen LogP contribution in [-0.4, -0.2) is 38.7 Å². The molecule has 7 nitrogen and oxygen atoms in total. The maximum Gasteiger partial charge on any atom is 0.295 e. The molecule has 0 aliphatic heterocycles. The molecule has 2 aromatic rings. The first-order valence-electron chi connectivity index (χ1n) is 10.9. The lowest BCUT2D eigenvalue weighted by molar-refractivity contribution is -0.118. The molecule has 1 aromatic heterocycles. The Kier molecular flexibility index (Phi) is 8.01. The summed E-state index contributed by atoms with van der Waals surface area (Å²) in [5.41, 5.74) is 1.40. The highest BCUT2D eigenvalue weighted by atomic mass is 32.2. The first-order chi connectivity index (χ1) is 14.9. The number of hydrogen-bond acceptors (Lipinski definition) is 4. The highest BCUT2D eigenvalue weighted by Gasteiger charge is 2.22. The number of amides is 2. The molecule has 0 saturated heterocycles. The highest BCUT2D eigenvalue weighted by Crippen LogP contribution is 2.23. The van der Waals surface area contributed by atoms with Gasteiger partial charge in [-0.3, -0.25) is 19.1 Å². The van der Waals surface area contributed by atoms with Gasteiger partial charge < -0.3 is 10.6 Å². The number of thioether (sulfide) groups is 1. The Labute approximate surface area is 187 Å². The van der Waals surface area contributed by atoms with Gasteiger partial charge in [-0.2, -0.15) is 0 Å². The minimum Gasteiger partial charge on any atom is -0.355 e. The smallest absolute Gasteiger partial charge is 0.295 e. The maximum atomic E-state index is 12.9. The van der Waals surface area contributed by atoms with Crippen LogP contribution in [0.4, 0.5) is 5.69 Å². The molecule has 168 valence electrons. The summed E-state index contributed by atoms with van der Waals surface area (Å²) < 4.78 is 3.26. The second kappa shape index (κ2) is 10.7. The van der Waals surface area contributed by atoms with E-state index in [0.717, 1.165) is 12.2 Å². The molecular weight excluding hydrogens is 412 g/mol. The van der Waals surface area contributed by atoms with Gasteiger partial charge in [-0.25, -0.2) is 4.68 Å². The Hall–Kier alpha value is -2.48. The Bertz CT molecular complexity index is 961. The van der Waals surface area contributed by atoms with Crippen LogP contribution < -0.4 is 16.2 Å². The summed E-state index contributed by atoms with van der Waals surface area (Å²) >= 11 is 1.28. The van der Waals surface area contributed by atoms with Gasteiger partial charge in [-0.05, 0) is 44.7 Å². The molecule has 1 aromatic carbocycles. The molecular formula is C23H32N4O3S. The SMILES string of the molecule is Cc1c(NC(=O)C(C)SCC(=O)NCC2CCCCC2)c(=O)n(-c2ccccc2)n1C. The topological polar surface area (TPSA) is 85.1 Å². The zero-order valence-electron chi connectivity index (χ0n) is 18.5. The van der Waals surface area contributed by atoms with E-state index in [0.29, 0.717) is 11.6 Å². The second-order valence-electron chi connectivity index (χ2n) is 8.19. The van der Waals surface area contributed by atoms with E-state index in [2.05, 4.69) is 10.6 Å². The van der Waals surface area contributed by atoms with Gasteiger partial charge in [0.15, 0.2) is 0 Å². The summed E-state index contributed by atoms with van der Waals surface area (Å²) in [4.78, 5) is 37.8. The van der Waals surface area contributed by atoms with Crippen LogP contribution in [0.5, 0.6) is 0 Å². The van der Waals surface area contributed by atoms with E-state index < -0.39 is 5.25 Å². The lowest BCUT2D eigenvalue weighted by Crippen LogP contribution is -2.33. The van der Waals surface area contributed by atoms with Crippen molar-refractivity contribution in [3.8, 4) is 5.69 Å². The summed E-state index contributed by atoms with van der Waals surface area (Å²) in [5.74, 6) is 0.480. The number of para-hydroxylation sites is 1. The first-order valence-corrected chi connectivity index (χ1v) is 12.0. The molecule has 2 amide bonds. The summed E-state index contributed by atoms with van der Waals surface area (Å²) in [5, 5.41) is 5.31. The van der Waals surface area contributed by atoms with E-state index in [4.69, 9.17) is 0 Å². The number of carbonyl (C=O) groups is 2. The molecule has 1 unspecified atom stereocenters. The third kappa shape index (κ3) is 5.81. The molecule has 2 N–H and O–H groups in total. The van der Waals surface area contributed by atoms with Crippen molar-refractivity contribution >= 4 is 29.3 Å². The van der Waals surface area contributed by atoms with Crippen molar-refractivity contribution in [3.05, 3.63) is 46.4 Å². The fraction of sp³-hybridized carbons (Fsp3) is 0.522. The van der Waals surface area contributed by atoms with Gasteiger partial charge in [0, 0.05) is 13.6 Å². The van der Waals surface area contributed by atoms with Crippen molar-refractivity contribution in [2.45, 2.75) is 51.2 Å². The third-order valence-corrected chi connectivity index (χ3v) is 7.09. The highest BCUT2D eigenvalue weighted by molar-refractivity contribution is 8.01. The number of rotatable bonds is 8. The van der Waals surface area contributed by atoms with Crippen molar-refractivity contribution in [2.24, 2.45) is 13.0 Å². The minimum absolute atomic E-state index is 0.0439. The minimum atomic E-state index is -0.454. The Morgan fingerprint density at radius 2 is 1.84 bits per heavy atom. The van der Waals surface area contributed by atoms with Crippen LogP contribution in [0, 0.1) is 12.8 Å². The molecule has 0 bridgehead atoms. The van der Waals surface area contributed by atoms with Crippen LogP contribution in [-0.2, 0) is 16.6 Å². The van der Waals surface area contributed by atoms with Crippen LogP contribution in [0.25, 0.3) is 5.69 Å². The van der Waals surface area contributed by atoms with Crippen LogP contribution in [0.1, 0.15) is 44.7 Å². The van der Waals surface area contributed by atoms with Crippen LogP contribution in [0.2, 0.25) is 0 Å². The molecule has 1 fully saturated rings. The number of aromatic nitrogens is 2. The lowest BCUT2D eigenvalue weighted by Gasteiger charge is -2.21. The largest absolute Gasteiger partial charge is 0.355 e. The lowest BCUT2D eigenvalue weighted by atomic mass is 9.89. The molecule has 0 spiro atoms. The number of nitrogens with one attached hydrogen (secondary N) is 2. The normalized spacial score (nSPS) is 15.5. The molecule has 0 radical (unpaired) electrons. The van der Waals surface area contributed by atoms with Gasteiger partial charge in [-0.15, -0.1) is 11.8 Å². The predicted octanol–water partition coefficient (Wildman–Crippen LogP) is 3.24. The van der Waals surface area contributed by atoms with E-state index in [9.17, 15) is 14.4 Å². The Morgan fingerprint density at radius 3 is 2.52 bits per heavy atom. The van der Waals surface area contributed by atoms with E-state index >= 15 is 0 Å². The number of anilines is 1. The number of carbonyl (C=O) groups excluding carboxylic acids is 2. The molecule has 1 atom stereocenters. The van der Waals surface area contributed by atoms with Gasteiger partial charge in [0.05, 0.1) is 22.4 Å². The van der Waals surface area contributed by atoms with E-state index in [1.54, 1.807) is 25.6 Å². The standard InChI is InChI=1S/C23H32N4O3S/c1-16-21(23(30)27(26(16)3)19-12-8-5-9-13-19)25-22(29)17(2)31-15-20(28)24-14-18-10-6-4-7-11-18/h5,8-9,12-13,17-18H,4,6-7,10-11,14-15H2,1-3H3,(H,24,28)(H,25,29). The van der Waals surface area contributed by atoms with Crippen molar-refractivity contribution in [1.82, 2.24) is 14.7 Å². The molecule has 31 heavy (non-hydrogen) atoms. The summed E-state index contributed by atoms with van der Waals surface area (Å²) in [7, 11) is 1.79. The second-order valence-corrected chi connectivity index (χ2v) is 9.52. The van der Waals surface area contributed by atoms with Gasteiger partial charge >= 0.3 is 0 Å². The zero-order chi connectivity index (χ0) is 22.4. The number of hydrogen-bond donors (Lipinski definition) is 2. The molecule has 3 rings (SSSR count). The molecule has 1 heterocycles. The quantitative estimate of drug-likeness (QED) is 0.655. The third-order valence-electron chi connectivity index (χ3n) is 5.95. The van der Waals surface area contributed by atoms with Gasteiger partial charge in [-0.1, -0.05) is 37.5 Å². The van der Waals surface area contributed by atoms with E-state index in [1.807, 2.05) is 30.3 Å².